The summed E-state index contributed by atoms with van der Waals surface area (Å²) < 4.78 is 0. The molecule has 0 N–H and O–H groups in total. The van der Waals surface area contributed by atoms with Gasteiger partial charge in [-0.15, -0.1) is 0 Å². The second-order valence-electron chi connectivity index (χ2n) is 7.35. The van der Waals surface area contributed by atoms with Crippen LogP contribution in [0.15, 0.2) is 0 Å². The van der Waals surface area contributed by atoms with E-state index < -0.39 is 0 Å². The predicted octanol–water partition coefficient (Wildman–Crippen LogP) is 7.52. The van der Waals surface area contributed by atoms with Gasteiger partial charge in [-0.2, -0.15) is 0 Å². The van der Waals surface area contributed by atoms with E-state index in [1.807, 2.05) is 0 Å². The standard InChI is InChI=1S/C21H45S/c1-4-5-6-7-8-9-10-11-12-13-14-15-16-17-18-19-20-21-22(2)3/h4-21H2,1-3H3/q+1. The van der Waals surface area contributed by atoms with E-state index in [0.717, 1.165) is 0 Å². The number of hydrogen-bond acceptors (Lipinski definition) is 0. The monoisotopic (exact) mass is 329 g/mol. The summed E-state index contributed by atoms with van der Waals surface area (Å²) in [6.07, 6.45) is 29.8. The molecule has 0 aromatic rings. The summed E-state index contributed by atoms with van der Waals surface area (Å²) in [6.45, 7) is 2.30. The first-order chi connectivity index (χ1) is 10.8. The third kappa shape index (κ3) is 20.3. The first-order valence-electron chi connectivity index (χ1n) is 10.3. The molecule has 0 atom stereocenters. The largest absolute Gasteiger partial charge is 0.107 e. The normalized spacial score (nSPS) is 11.5. The molecule has 0 amide bonds. The molecule has 0 unspecified atom stereocenters. The van der Waals surface area contributed by atoms with Gasteiger partial charge in [0, 0.05) is 0 Å². The summed E-state index contributed by atoms with van der Waals surface area (Å²) in [7, 11) is 0.666. The first kappa shape index (κ1) is 22.4. The van der Waals surface area contributed by atoms with Crippen LogP contribution >= 0.6 is 0 Å². The molecule has 1 heteroatoms. The van der Waals surface area contributed by atoms with E-state index in [1.54, 1.807) is 0 Å². The molecule has 134 valence electrons. The Bertz CT molecular complexity index is 188. The van der Waals surface area contributed by atoms with Crippen LogP contribution in [0.5, 0.6) is 0 Å². The van der Waals surface area contributed by atoms with Crippen molar-refractivity contribution in [2.24, 2.45) is 0 Å². The molecule has 22 heavy (non-hydrogen) atoms. The van der Waals surface area contributed by atoms with Gasteiger partial charge in [-0.3, -0.25) is 0 Å². The van der Waals surface area contributed by atoms with Gasteiger partial charge in [0.2, 0.25) is 0 Å². The minimum Gasteiger partial charge on any atom is -0.0654 e. The fourth-order valence-electron chi connectivity index (χ4n) is 3.12. The molecule has 0 saturated heterocycles. The zero-order chi connectivity index (χ0) is 16.3. The van der Waals surface area contributed by atoms with E-state index in [4.69, 9.17) is 0 Å². The fourth-order valence-corrected chi connectivity index (χ4v) is 3.90. The van der Waals surface area contributed by atoms with E-state index in [2.05, 4.69) is 19.4 Å². The van der Waals surface area contributed by atoms with Gasteiger partial charge in [0.25, 0.3) is 0 Å². The lowest BCUT2D eigenvalue weighted by Gasteiger charge is -2.03. The molecular weight excluding hydrogens is 284 g/mol. The van der Waals surface area contributed by atoms with Crippen LogP contribution in [0, 0.1) is 0 Å². The van der Waals surface area contributed by atoms with Gasteiger partial charge in [0.05, 0.1) is 12.5 Å². The van der Waals surface area contributed by atoms with Crippen molar-refractivity contribution in [1.29, 1.82) is 0 Å². The van der Waals surface area contributed by atoms with Crippen molar-refractivity contribution in [3.8, 4) is 0 Å². The maximum atomic E-state index is 2.37. The average molecular weight is 330 g/mol. The third-order valence-corrected chi connectivity index (χ3v) is 5.76. The molecule has 0 aromatic carbocycles. The second kappa shape index (κ2) is 19.4. The molecule has 0 aliphatic heterocycles. The van der Waals surface area contributed by atoms with Gasteiger partial charge in [-0.25, -0.2) is 0 Å². The topological polar surface area (TPSA) is 0 Å². The Labute approximate surface area is 145 Å². The van der Waals surface area contributed by atoms with Crippen LogP contribution in [-0.4, -0.2) is 18.3 Å². The molecule has 0 rings (SSSR count). The summed E-state index contributed by atoms with van der Waals surface area (Å²) in [5.74, 6) is 1.46. The Balaban J connectivity index is 2.94. The van der Waals surface area contributed by atoms with Gasteiger partial charge < -0.3 is 0 Å². The van der Waals surface area contributed by atoms with Gasteiger partial charge in [-0.05, 0) is 23.7 Å². The highest BCUT2D eigenvalue weighted by molar-refractivity contribution is 7.95. The molecule has 0 spiro atoms. The Morgan fingerprint density at radius 2 is 0.682 bits per heavy atom. The highest BCUT2D eigenvalue weighted by Crippen LogP contribution is 2.14. The lowest BCUT2D eigenvalue weighted by molar-refractivity contribution is 0.529. The van der Waals surface area contributed by atoms with Gasteiger partial charge in [-0.1, -0.05) is 103 Å². The van der Waals surface area contributed by atoms with Crippen molar-refractivity contribution in [2.45, 2.75) is 116 Å². The zero-order valence-corrected chi connectivity index (χ0v) is 17.0. The molecule has 0 heterocycles. The predicted molar refractivity (Wildman–Crippen MR) is 108 cm³/mol. The minimum absolute atomic E-state index is 0.666. The molecule has 0 aliphatic carbocycles. The molecule has 0 aliphatic rings. The average Bonchev–Trinajstić information content (AvgIpc) is 2.50. The summed E-state index contributed by atoms with van der Waals surface area (Å²) in [6, 6.07) is 0. The molecule has 0 bridgehead atoms. The van der Waals surface area contributed by atoms with Crippen molar-refractivity contribution >= 4 is 10.9 Å². The van der Waals surface area contributed by atoms with Crippen LogP contribution in [0.2, 0.25) is 0 Å². The van der Waals surface area contributed by atoms with Crippen LogP contribution < -0.4 is 0 Å². The SMILES string of the molecule is CCCCCCCCCCCCCCCCCCC[S+](C)C. The molecule has 0 fully saturated rings. The van der Waals surface area contributed by atoms with E-state index >= 15 is 0 Å². The Kier molecular flexibility index (Phi) is 19.7. The van der Waals surface area contributed by atoms with Gasteiger partial charge in [0.15, 0.2) is 0 Å². The third-order valence-electron chi connectivity index (χ3n) is 4.66. The molecular formula is C21H45S+. The van der Waals surface area contributed by atoms with Gasteiger partial charge in [0.1, 0.15) is 5.75 Å². The first-order valence-corrected chi connectivity index (χ1v) is 12.5. The van der Waals surface area contributed by atoms with E-state index in [1.165, 1.54) is 115 Å². The summed E-state index contributed by atoms with van der Waals surface area (Å²) in [5.41, 5.74) is 0. The van der Waals surface area contributed by atoms with E-state index in [-0.39, 0.29) is 0 Å². The lowest BCUT2D eigenvalue weighted by atomic mass is 10.0. The zero-order valence-electron chi connectivity index (χ0n) is 16.1. The minimum atomic E-state index is 0.666. The smallest absolute Gasteiger partial charge is 0.0654 e. The lowest BCUT2D eigenvalue weighted by Crippen LogP contribution is -2.00. The molecule has 0 radical (unpaired) electrons. The molecule has 0 nitrogen and oxygen atoms in total. The van der Waals surface area contributed by atoms with Crippen LogP contribution in [-0.2, 0) is 10.9 Å². The second-order valence-corrected chi connectivity index (χ2v) is 9.73. The maximum absolute atomic E-state index is 2.37. The summed E-state index contributed by atoms with van der Waals surface area (Å²) in [4.78, 5) is 0. The fraction of sp³-hybridized carbons (Fsp3) is 1.00. The Hall–Kier alpha value is 0.350. The van der Waals surface area contributed by atoms with E-state index in [9.17, 15) is 0 Å². The van der Waals surface area contributed by atoms with Crippen LogP contribution in [0.4, 0.5) is 0 Å². The van der Waals surface area contributed by atoms with Crippen LogP contribution in [0.25, 0.3) is 0 Å². The Morgan fingerprint density at radius 1 is 0.409 bits per heavy atom. The van der Waals surface area contributed by atoms with Gasteiger partial charge >= 0.3 is 0 Å². The highest BCUT2D eigenvalue weighted by Gasteiger charge is 2.00. The number of rotatable bonds is 18. The van der Waals surface area contributed by atoms with Crippen LogP contribution in [0.3, 0.4) is 0 Å². The maximum Gasteiger partial charge on any atom is 0.107 e. The van der Waals surface area contributed by atoms with Crippen molar-refractivity contribution in [2.75, 3.05) is 18.3 Å². The van der Waals surface area contributed by atoms with E-state index in [0.29, 0.717) is 10.9 Å². The number of hydrogen-bond donors (Lipinski definition) is 0. The van der Waals surface area contributed by atoms with Crippen molar-refractivity contribution in [3.63, 3.8) is 0 Å². The summed E-state index contributed by atoms with van der Waals surface area (Å²) in [5, 5.41) is 0. The van der Waals surface area contributed by atoms with Crippen molar-refractivity contribution in [3.05, 3.63) is 0 Å². The molecule has 0 saturated carbocycles. The van der Waals surface area contributed by atoms with Crippen molar-refractivity contribution < 1.29 is 0 Å². The quantitative estimate of drug-likeness (QED) is 0.180. The van der Waals surface area contributed by atoms with Crippen LogP contribution in [0.1, 0.15) is 116 Å². The highest BCUT2D eigenvalue weighted by atomic mass is 32.2. The Morgan fingerprint density at radius 3 is 0.955 bits per heavy atom. The molecule has 0 aromatic heterocycles. The number of unbranched alkanes of at least 4 members (excludes halogenated alkanes) is 16. The summed E-state index contributed by atoms with van der Waals surface area (Å²) >= 11 is 0. The van der Waals surface area contributed by atoms with Crippen molar-refractivity contribution in [1.82, 2.24) is 0 Å².